The molecule has 1 aromatic carbocycles. The lowest BCUT2D eigenvalue weighted by atomic mass is 10.1. The van der Waals surface area contributed by atoms with Crippen molar-refractivity contribution >= 4 is 15.9 Å². The summed E-state index contributed by atoms with van der Waals surface area (Å²) in [6.45, 7) is 4.19. The third kappa shape index (κ3) is 2.56. The van der Waals surface area contributed by atoms with Crippen molar-refractivity contribution in [3.8, 4) is 11.5 Å². The van der Waals surface area contributed by atoms with E-state index in [1.165, 1.54) is 0 Å². The van der Waals surface area contributed by atoms with Crippen molar-refractivity contribution in [2.24, 2.45) is 0 Å². The van der Waals surface area contributed by atoms with Gasteiger partial charge >= 0.3 is 0 Å². The van der Waals surface area contributed by atoms with E-state index in [4.69, 9.17) is 9.47 Å². The molecule has 2 N–H and O–H groups in total. The molecule has 1 aromatic rings. The standard InChI is InChI=1S/C12H16BrNO3/c1-12(2)16-10-4-7(9(15)6-14-3)8(13)5-11(10)17-12/h4-5,9,14-15H,6H2,1-3H3. The monoisotopic (exact) mass is 301 g/mol. The molecule has 0 amide bonds. The summed E-state index contributed by atoms with van der Waals surface area (Å²) in [5.41, 5.74) is 0.791. The van der Waals surface area contributed by atoms with Crippen molar-refractivity contribution in [3.05, 3.63) is 22.2 Å². The number of aliphatic hydroxyl groups excluding tert-OH is 1. The first-order valence-electron chi connectivity index (χ1n) is 5.47. The van der Waals surface area contributed by atoms with E-state index in [0.717, 1.165) is 10.0 Å². The lowest BCUT2D eigenvalue weighted by Gasteiger charge is -2.16. The van der Waals surface area contributed by atoms with Gasteiger partial charge in [0, 0.05) is 24.9 Å². The van der Waals surface area contributed by atoms with Gasteiger partial charge in [-0.05, 0) is 24.7 Å². The van der Waals surface area contributed by atoms with Crippen LogP contribution >= 0.6 is 15.9 Å². The van der Waals surface area contributed by atoms with Crippen LogP contribution in [0.5, 0.6) is 11.5 Å². The summed E-state index contributed by atoms with van der Waals surface area (Å²) in [5.74, 6) is 0.722. The van der Waals surface area contributed by atoms with Gasteiger partial charge < -0.3 is 19.9 Å². The minimum Gasteiger partial charge on any atom is -0.449 e. The minimum atomic E-state index is -0.644. The molecule has 1 unspecified atom stereocenters. The molecule has 1 aliphatic rings. The fourth-order valence-electron chi connectivity index (χ4n) is 1.82. The molecule has 94 valence electrons. The quantitative estimate of drug-likeness (QED) is 0.899. The number of fused-ring (bicyclic) bond motifs is 1. The molecular weight excluding hydrogens is 286 g/mol. The Morgan fingerprint density at radius 2 is 1.94 bits per heavy atom. The summed E-state index contributed by atoms with van der Waals surface area (Å²) in [5, 5.41) is 12.9. The van der Waals surface area contributed by atoms with Gasteiger partial charge in [0.15, 0.2) is 11.5 Å². The number of halogens is 1. The van der Waals surface area contributed by atoms with Crippen LogP contribution < -0.4 is 14.8 Å². The number of aliphatic hydroxyl groups is 1. The van der Waals surface area contributed by atoms with E-state index in [1.807, 2.05) is 26.0 Å². The summed E-state index contributed by atoms with van der Waals surface area (Å²) in [7, 11) is 1.80. The largest absolute Gasteiger partial charge is 0.449 e. The Kier molecular flexibility index (Phi) is 3.34. The lowest BCUT2D eigenvalue weighted by molar-refractivity contribution is -0.0432. The van der Waals surface area contributed by atoms with Crippen molar-refractivity contribution in [3.63, 3.8) is 0 Å². The highest BCUT2D eigenvalue weighted by Crippen LogP contribution is 2.43. The fourth-order valence-corrected chi connectivity index (χ4v) is 2.41. The minimum absolute atomic E-state index is 0.488. The first kappa shape index (κ1) is 12.7. The van der Waals surface area contributed by atoms with E-state index in [2.05, 4.69) is 21.2 Å². The summed E-state index contributed by atoms with van der Waals surface area (Å²) >= 11 is 3.43. The number of ether oxygens (including phenoxy) is 2. The maximum atomic E-state index is 9.97. The highest BCUT2D eigenvalue weighted by molar-refractivity contribution is 9.10. The average molecular weight is 302 g/mol. The number of rotatable bonds is 3. The van der Waals surface area contributed by atoms with Crippen molar-refractivity contribution in [1.29, 1.82) is 0 Å². The third-order valence-corrected chi connectivity index (χ3v) is 3.22. The molecule has 1 atom stereocenters. The van der Waals surface area contributed by atoms with Gasteiger partial charge in [-0.1, -0.05) is 15.9 Å². The van der Waals surface area contributed by atoms with E-state index in [0.29, 0.717) is 18.0 Å². The Morgan fingerprint density at radius 3 is 2.53 bits per heavy atom. The molecule has 2 rings (SSSR count). The van der Waals surface area contributed by atoms with Crippen molar-refractivity contribution in [2.75, 3.05) is 13.6 Å². The second-order valence-electron chi connectivity index (χ2n) is 4.50. The maximum absolute atomic E-state index is 9.97. The molecule has 0 radical (unpaired) electrons. The number of nitrogens with one attached hydrogen (secondary N) is 1. The zero-order chi connectivity index (χ0) is 12.6. The molecule has 0 bridgehead atoms. The number of likely N-dealkylation sites (N-methyl/N-ethyl adjacent to an activating group) is 1. The predicted octanol–water partition coefficient (Wildman–Crippen LogP) is 2.21. The molecule has 5 heteroatoms. The molecule has 1 heterocycles. The number of benzene rings is 1. The Bertz CT molecular complexity index is 434. The molecule has 0 saturated carbocycles. The van der Waals surface area contributed by atoms with Gasteiger partial charge in [-0.15, -0.1) is 0 Å². The van der Waals surface area contributed by atoms with Crippen LogP contribution in [0.3, 0.4) is 0 Å². The van der Waals surface area contributed by atoms with Crippen LogP contribution in [0, 0.1) is 0 Å². The molecule has 0 saturated heterocycles. The van der Waals surface area contributed by atoms with Gasteiger partial charge in [0.1, 0.15) is 0 Å². The van der Waals surface area contributed by atoms with Crippen LogP contribution in [0.15, 0.2) is 16.6 Å². The highest BCUT2D eigenvalue weighted by atomic mass is 79.9. The van der Waals surface area contributed by atoms with Crippen LogP contribution in [-0.2, 0) is 0 Å². The van der Waals surface area contributed by atoms with Crippen LogP contribution in [0.2, 0.25) is 0 Å². The van der Waals surface area contributed by atoms with Gasteiger partial charge in [0.05, 0.1) is 6.10 Å². The molecular formula is C12H16BrNO3. The predicted molar refractivity (Wildman–Crippen MR) is 68.4 cm³/mol. The molecule has 0 aliphatic carbocycles. The first-order chi connectivity index (χ1) is 7.93. The Balaban J connectivity index is 2.33. The Labute approximate surface area is 109 Å². The molecule has 1 aliphatic heterocycles. The maximum Gasteiger partial charge on any atom is 0.246 e. The van der Waals surface area contributed by atoms with E-state index >= 15 is 0 Å². The molecule has 0 fully saturated rings. The third-order valence-electron chi connectivity index (χ3n) is 2.53. The topological polar surface area (TPSA) is 50.7 Å². The summed E-state index contributed by atoms with van der Waals surface area (Å²) in [6, 6.07) is 3.65. The summed E-state index contributed by atoms with van der Waals surface area (Å²) in [4.78, 5) is 0. The molecule has 17 heavy (non-hydrogen) atoms. The number of hydrogen-bond acceptors (Lipinski definition) is 4. The van der Waals surface area contributed by atoms with Gasteiger partial charge in [-0.2, -0.15) is 0 Å². The summed E-state index contributed by atoms with van der Waals surface area (Å²) < 4.78 is 12.1. The zero-order valence-electron chi connectivity index (χ0n) is 10.1. The van der Waals surface area contributed by atoms with Crippen molar-refractivity contribution < 1.29 is 14.6 Å². The van der Waals surface area contributed by atoms with Crippen LogP contribution in [0.1, 0.15) is 25.5 Å². The Morgan fingerprint density at radius 1 is 1.35 bits per heavy atom. The van der Waals surface area contributed by atoms with Crippen molar-refractivity contribution in [2.45, 2.75) is 25.7 Å². The molecule has 4 nitrogen and oxygen atoms in total. The van der Waals surface area contributed by atoms with Crippen molar-refractivity contribution in [1.82, 2.24) is 5.32 Å². The lowest BCUT2D eigenvalue weighted by Crippen LogP contribution is -2.29. The van der Waals surface area contributed by atoms with E-state index < -0.39 is 11.9 Å². The van der Waals surface area contributed by atoms with E-state index in [1.54, 1.807) is 7.05 Å². The summed E-state index contributed by atoms with van der Waals surface area (Å²) in [6.07, 6.45) is -0.577. The SMILES string of the molecule is CNCC(O)c1cc2c(cc1Br)OC(C)(C)O2. The smallest absolute Gasteiger partial charge is 0.246 e. The van der Waals surface area contributed by atoms with Crippen LogP contribution in [0.4, 0.5) is 0 Å². The van der Waals surface area contributed by atoms with Crippen LogP contribution in [-0.4, -0.2) is 24.5 Å². The second kappa shape index (κ2) is 4.48. The van der Waals surface area contributed by atoms with E-state index in [9.17, 15) is 5.11 Å². The van der Waals surface area contributed by atoms with Gasteiger partial charge in [-0.25, -0.2) is 0 Å². The van der Waals surface area contributed by atoms with Crippen LogP contribution in [0.25, 0.3) is 0 Å². The average Bonchev–Trinajstić information content (AvgIpc) is 2.50. The zero-order valence-corrected chi connectivity index (χ0v) is 11.7. The number of hydrogen-bond donors (Lipinski definition) is 2. The molecule has 0 aromatic heterocycles. The Hall–Kier alpha value is -0.780. The van der Waals surface area contributed by atoms with E-state index in [-0.39, 0.29) is 0 Å². The molecule has 0 spiro atoms. The van der Waals surface area contributed by atoms with Gasteiger partial charge in [-0.3, -0.25) is 0 Å². The van der Waals surface area contributed by atoms with Gasteiger partial charge in [0.25, 0.3) is 0 Å². The first-order valence-corrected chi connectivity index (χ1v) is 6.26. The fraction of sp³-hybridized carbons (Fsp3) is 0.500. The normalized spacial score (nSPS) is 18.2. The van der Waals surface area contributed by atoms with Gasteiger partial charge in [0.2, 0.25) is 5.79 Å². The second-order valence-corrected chi connectivity index (χ2v) is 5.35. The highest BCUT2D eigenvalue weighted by Gasteiger charge is 2.32.